The van der Waals surface area contributed by atoms with Crippen molar-refractivity contribution in [2.75, 3.05) is 6.54 Å². The summed E-state index contributed by atoms with van der Waals surface area (Å²) in [5.74, 6) is 0.513. The Morgan fingerprint density at radius 2 is 1.90 bits per heavy atom. The standard InChI is InChI=1S/C16H22N2OS/c1-12(2)16-18-15(11-20-16)9-17-8-7-13-3-5-14(10-19)6-4-13/h3-6,11-12,17,19H,7-10H2,1-2H3. The van der Waals surface area contributed by atoms with Crippen molar-refractivity contribution in [1.29, 1.82) is 0 Å². The molecule has 0 spiro atoms. The first-order valence-electron chi connectivity index (χ1n) is 7.02. The summed E-state index contributed by atoms with van der Waals surface area (Å²) in [5, 5.41) is 15.8. The number of aliphatic hydroxyl groups is 1. The van der Waals surface area contributed by atoms with Gasteiger partial charge in [-0.25, -0.2) is 4.98 Å². The first kappa shape index (κ1) is 15.2. The number of thiazole rings is 1. The van der Waals surface area contributed by atoms with Crippen molar-refractivity contribution in [3.05, 3.63) is 51.5 Å². The molecular weight excluding hydrogens is 268 g/mol. The van der Waals surface area contributed by atoms with Crippen LogP contribution in [0.4, 0.5) is 0 Å². The summed E-state index contributed by atoms with van der Waals surface area (Å²) in [5.41, 5.74) is 3.38. The minimum absolute atomic E-state index is 0.112. The molecule has 0 aliphatic heterocycles. The highest BCUT2D eigenvalue weighted by molar-refractivity contribution is 7.09. The molecule has 0 aliphatic rings. The zero-order valence-corrected chi connectivity index (χ0v) is 12.9. The highest BCUT2D eigenvalue weighted by atomic mass is 32.1. The molecule has 20 heavy (non-hydrogen) atoms. The Morgan fingerprint density at radius 1 is 1.20 bits per heavy atom. The molecule has 0 amide bonds. The monoisotopic (exact) mass is 290 g/mol. The summed E-state index contributed by atoms with van der Waals surface area (Å²) in [6, 6.07) is 8.11. The molecule has 0 saturated carbocycles. The smallest absolute Gasteiger partial charge is 0.0954 e. The van der Waals surface area contributed by atoms with Gasteiger partial charge in [0.15, 0.2) is 0 Å². The van der Waals surface area contributed by atoms with Gasteiger partial charge in [0.1, 0.15) is 0 Å². The molecule has 0 unspecified atom stereocenters. The lowest BCUT2D eigenvalue weighted by Gasteiger charge is -2.04. The fourth-order valence-electron chi connectivity index (χ4n) is 1.93. The van der Waals surface area contributed by atoms with Crippen LogP contribution in [0.25, 0.3) is 0 Å². The van der Waals surface area contributed by atoms with E-state index in [9.17, 15) is 0 Å². The Kier molecular flexibility index (Phi) is 5.71. The van der Waals surface area contributed by atoms with E-state index >= 15 is 0 Å². The van der Waals surface area contributed by atoms with E-state index in [1.807, 2.05) is 12.1 Å². The molecule has 0 saturated heterocycles. The molecule has 2 aromatic rings. The molecule has 3 nitrogen and oxygen atoms in total. The van der Waals surface area contributed by atoms with Crippen LogP contribution in [0.1, 0.15) is 41.6 Å². The van der Waals surface area contributed by atoms with Gasteiger partial charge in [-0.2, -0.15) is 0 Å². The molecule has 2 N–H and O–H groups in total. The maximum atomic E-state index is 8.99. The van der Waals surface area contributed by atoms with Gasteiger partial charge in [0, 0.05) is 17.8 Å². The number of nitrogens with one attached hydrogen (secondary N) is 1. The van der Waals surface area contributed by atoms with Gasteiger partial charge in [-0.05, 0) is 24.1 Å². The van der Waals surface area contributed by atoms with Crippen LogP contribution in [0.5, 0.6) is 0 Å². The molecule has 0 atom stereocenters. The molecule has 108 valence electrons. The van der Waals surface area contributed by atoms with Crippen LogP contribution in [0.3, 0.4) is 0 Å². The second kappa shape index (κ2) is 7.53. The zero-order valence-electron chi connectivity index (χ0n) is 12.1. The number of hydrogen-bond acceptors (Lipinski definition) is 4. The van der Waals surface area contributed by atoms with Crippen molar-refractivity contribution in [3.8, 4) is 0 Å². The van der Waals surface area contributed by atoms with Gasteiger partial charge in [-0.3, -0.25) is 0 Å². The van der Waals surface area contributed by atoms with Gasteiger partial charge in [0.2, 0.25) is 0 Å². The fourth-order valence-corrected chi connectivity index (χ4v) is 2.76. The average molecular weight is 290 g/mol. The topological polar surface area (TPSA) is 45.2 Å². The van der Waals surface area contributed by atoms with Crippen LogP contribution in [-0.4, -0.2) is 16.6 Å². The maximum Gasteiger partial charge on any atom is 0.0954 e. The lowest BCUT2D eigenvalue weighted by Crippen LogP contribution is -2.17. The Labute approximate surface area is 124 Å². The van der Waals surface area contributed by atoms with Gasteiger partial charge in [-0.15, -0.1) is 11.3 Å². The Bertz CT molecular complexity index is 520. The second-order valence-corrected chi connectivity index (χ2v) is 6.12. The van der Waals surface area contributed by atoms with E-state index in [2.05, 4.69) is 41.7 Å². The highest BCUT2D eigenvalue weighted by Gasteiger charge is 2.05. The lowest BCUT2D eigenvalue weighted by atomic mass is 10.1. The van der Waals surface area contributed by atoms with E-state index < -0.39 is 0 Å². The quantitative estimate of drug-likeness (QED) is 0.770. The van der Waals surface area contributed by atoms with Crippen molar-refractivity contribution >= 4 is 11.3 Å². The van der Waals surface area contributed by atoms with E-state index in [1.165, 1.54) is 10.6 Å². The van der Waals surface area contributed by atoms with Gasteiger partial charge >= 0.3 is 0 Å². The third kappa shape index (κ3) is 4.40. The maximum absolute atomic E-state index is 8.99. The fraction of sp³-hybridized carbons (Fsp3) is 0.438. The van der Waals surface area contributed by atoms with E-state index in [-0.39, 0.29) is 6.61 Å². The number of rotatable bonds is 7. The number of hydrogen-bond donors (Lipinski definition) is 2. The number of aromatic nitrogens is 1. The third-order valence-corrected chi connectivity index (χ3v) is 4.36. The number of nitrogens with zero attached hydrogens (tertiary/aromatic N) is 1. The van der Waals surface area contributed by atoms with E-state index in [0.29, 0.717) is 5.92 Å². The van der Waals surface area contributed by atoms with Gasteiger partial charge < -0.3 is 10.4 Å². The molecule has 0 radical (unpaired) electrons. The average Bonchev–Trinajstić information content (AvgIpc) is 2.93. The zero-order chi connectivity index (χ0) is 14.4. The van der Waals surface area contributed by atoms with Gasteiger partial charge in [-0.1, -0.05) is 38.1 Å². The van der Waals surface area contributed by atoms with E-state index in [0.717, 1.165) is 30.8 Å². The molecular formula is C16H22N2OS. The van der Waals surface area contributed by atoms with Crippen LogP contribution in [0.2, 0.25) is 0 Å². The lowest BCUT2D eigenvalue weighted by molar-refractivity contribution is 0.282. The van der Waals surface area contributed by atoms with Crippen molar-refractivity contribution in [1.82, 2.24) is 10.3 Å². The van der Waals surface area contributed by atoms with Crippen LogP contribution < -0.4 is 5.32 Å². The summed E-state index contributed by atoms with van der Waals surface area (Å²) in [6.45, 7) is 6.23. The van der Waals surface area contributed by atoms with E-state index in [1.54, 1.807) is 11.3 Å². The Morgan fingerprint density at radius 3 is 2.50 bits per heavy atom. The molecule has 0 bridgehead atoms. The van der Waals surface area contributed by atoms with Gasteiger partial charge in [0.25, 0.3) is 0 Å². The molecule has 1 aromatic carbocycles. The predicted molar refractivity (Wildman–Crippen MR) is 84.0 cm³/mol. The molecule has 0 fully saturated rings. The molecule has 1 aromatic heterocycles. The van der Waals surface area contributed by atoms with Crippen LogP contribution >= 0.6 is 11.3 Å². The first-order valence-corrected chi connectivity index (χ1v) is 7.90. The minimum Gasteiger partial charge on any atom is -0.392 e. The van der Waals surface area contributed by atoms with Crippen LogP contribution in [0.15, 0.2) is 29.6 Å². The first-order chi connectivity index (χ1) is 9.69. The summed E-state index contributed by atoms with van der Waals surface area (Å²) in [6.07, 6.45) is 0.993. The SMILES string of the molecule is CC(C)c1nc(CNCCc2ccc(CO)cc2)cs1. The van der Waals surface area contributed by atoms with Crippen molar-refractivity contribution < 1.29 is 5.11 Å². The summed E-state index contributed by atoms with van der Waals surface area (Å²) in [7, 11) is 0. The Balaban J connectivity index is 1.72. The predicted octanol–water partition coefficient (Wildman–Crippen LogP) is 3.09. The highest BCUT2D eigenvalue weighted by Crippen LogP contribution is 2.18. The normalized spacial score (nSPS) is 11.2. The largest absolute Gasteiger partial charge is 0.392 e. The van der Waals surface area contributed by atoms with E-state index in [4.69, 9.17) is 5.11 Å². The minimum atomic E-state index is 0.112. The second-order valence-electron chi connectivity index (χ2n) is 5.23. The molecule has 2 rings (SSSR count). The number of benzene rings is 1. The number of aliphatic hydroxyl groups excluding tert-OH is 1. The van der Waals surface area contributed by atoms with Crippen molar-refractivity contribution in [2.45, 2.75) is 39.3 Å². The third-order valence-electron chi connectivity index (χ3n) is 3.17. The van der Waals surface area contributed by atoms with Crippen LogP contribution in [0, 0.1) is 0 Å². The molecule has 4 heteroatoms. The van der Waals surface area contributed by atoms with Crippen LogP contribution in [-0.2, 0) is 19.6 Å². The molecule has 1 heterocycles. The molecule has 0 aliphatic carbocycles. The van der Waals surface area contributed by atoms with Crippen molar-refractivity contribution in [3.63, 3.8) is 0 Å². The summed E-state index contributed by atoms with van der Waals surface area (Å²) < 4.78 is 0. The summed E-state index contributed by atoms with van der Waals surface area (Å²) >= 11 is 1.74. The van der Waals surface area contributed by atoms with Gasteiger partial charge in [0.05, 0.1) is 17.3 Å². The Hall–Kier alpha value is -1.23. The van der Waals surface area contributed by atoms with Crippen molar-refractivity contribution in [2.24, 2.45) is 0 Å². The summed E-state index contributed by atoms with van der Waals surface area (Å²) in [4.78, 5) is 4.61.